The van der Waals surface area contributed by atoms with E-state index in [1.165, 1.54) is 23.8 Å². The van der Waals surface area contributed by atoms with Gasteiger partial charge in [-0.15, -0.1) is 0 Å². The van der Waals surface area contributed by atoms with Gasteiger partial charge in [0.1, 0.15) is 11.6 Å². The fourth-order valence-corrected chi connectivity index (χ4v) is 2.62. The zero-order valence-corrected chi connectivity index (χ0v) is 14.8. The average Bonchev–Trinajstić information content (AvgIpc) is 2.62. The van der Waals surface area contributed by atoms with Crippen LogP contribution >= 0.6 is 11.6 Å². The molecule has 3 aromatic rings. The van der Waals surface area contributed by atoms with Gasteiger partial charge in [-0.2, -0.15) is 0 Å². The van der Waals surface area contributed by atoms with Gasteiger partial charge in [0.25, 0.3) is 5.91 Å². The van der Waals surface area contributed by atoms with Gasteiger partial charge in [-0.3, -0.25) is 4.79 Å². The Bertz CT molecular complexity index is 891. The number of nitrogens with one attached hydrogen (secondary N) is 2. The first kappa shape index (κ1) is 17.9. The second-order valence-corrected chi connectivity index (χ2v) is 6.23. The number of halogens is 2. The lowest BCUT2D eigenvalue weighted by molar-refractivity contribution is 0.102. The van der Waals surface area contributed by atoms with Gasteiger partial charge < -0.3 is 10.6 Å². The number of aromatic nitrogens is 1. The Morgan fingerprint density at radius 1 is 1.12 bits per heavy atom. The molecule has 132 valence electrons. The second kappa shape index (κ2) is 7.97. The Kier molecular flexibility index (Phi) is 5.49. The molecule has 6 heteroatoms. The number of carbonyl (C=O) groups is 1. The first-order valence-electron chi connectivity index (χ1n) is 8.04. The fourth-order valence-electron chi connectivity index (χ4n) is 2.38. The summed E-state index contributed by atoms with van der Waals surface area (Å²) in [6, 6.07) is 15.8. The average molecular weight is 370 g/mol. The molecule has 0 atom stereocenters. The van der Waals surface area contributed by atoms with E-state index in [2.05, 4.69) is 39.9 Å². The Labute approximate surface area is 156 Å². The number of hydrogen-bond donors (Lipinski definition) is 2. The van der Waals surface area contributed by atoms with Crippen molar-refractivity contribution in [3.8, 4) is 0 Å². The molecular weight excluding hydrogens is 353 g/mol. The molecular formula is C20H17ClFN3O. The second-order valence-electron chi connectivity index (χ2n) is 5.82. The Morgan fingerprint density at radius 2 is 1.88 bits per heavy atom. The number of nitrogens with zero attached hydrogens (tertiary/aromatic N) is 1. The van der Waals surface area contributed by atoms with Crippen molar-refractivity contribution in [2.75, 3.05) is 10.6 Å². The number of hydrogen-bond acceptors (Lipinski definition) is 3. The third-order valence-corrected chi connectivity index (χ3v) is 4.13. The fraction of sp³-hybridized carbons (Fsp3) is 0.100. The Hall–Kier alpha value is -2.92. The van der Waals surface area contributed by atoms with E-state index in [9.17, 15) is 9.18 Å². The van der Waals surface area contributed by atoms with Gasteiger partial charge in [0.2, 0.25) is 0 Å². The van der Waals surface area contributed by atoms with Crippen LogP contribution in [0.1, 0.15) is 21.5 Å². The molecule has 0 spiro atoms. The molecule has 2 aromatic carbocycles. The van der Waals surface area contributed by atoms with E-state index >= 15 is 0 Å². The zero-order valence-electron chi connectivity index (χ0n) is 14.1. The van der Waals surface area contributed by atoms with Crippen LogP contribution in [0.15, 0.2) is 60.8 Å². The van der Waals surface area contributed by atoms with E-state index in [4.69, 9.17) is 11.6 Å². The topological polar surface area (TPSA) is 54.0 Å². The van der Waals surface area contributed by atoms with Crippen LogP contribution in [-0.2, 0) is 6.54 Å². The SMILES string of the molecule is Cc1ccc(CNc2ccc(NC(=O)c3c(F)cccc3Cl)nc2)cc1. The van der Waals surface area contributed by atoms with Crippen LogP contribution in [0, 0.1) is 12.7 Å². The first-order valence-corrected chi connectivity index (χ1v) is 8.41. The van der Waals surface area contributed by atoms with Crippen molar-refractivity contribution in [2.45, 2.75) is 13.5 Å². The highest BCUT2D eigenvalue weighted by Crippen LogP contribution is 2.20. The third-order valence-electron chi connectivity index (χ3n) is 3.81. The summed E-state index contributed by atoms with van der Waals surface area (Å²) in [5.74, 6) is -0.998. The number of aryl methyl sites for hydroxylation is 1. The van der Waals surface area contributed by atoms with Crippen molar-refractivity contribution in [3.05, 3.63) is 88.3 Å². The molecule has 0 radical (unpaired) electrons. The van der Waals surface area contributed by atoms with Gasteiger partial charge in [0.05, 0.1) is 22.5 Å². The summed E-state index contributed by atoms with van der Waals surface area (Å²) in [5.41, 5.74) is 2.98. The van der Waals surface area contributed by atoms with Gasteiger partial charge >= 0.3 is 0 Å². The van der Waals surface area contributed by atoms with Gasteiger partial charge in [-0.25, -0.2) is 9.37 Å². The maximum Gasteiger partial charge on any atom is 0.261 e. The van der Waals surface area contributed by atoms with Crippen LogP contribution in [0.5, 0.6) is 0 Å². The van der Waals surface area contributed by atoms with Gasteiger partial charge in [-0.1, -0.05) is 47.5 Å². The van der Waals surface area contributed by atoms with Crippen LogP contribution < -0.4 is 10.6 Å². The summed E-state index contributed by atoms with van der Waals surface area (Å²) in [7, 11) is 0. The number of carbonyl (C=O) groups excluding carboxylic acids is 1. The smallest absolute Gasteiger partial charge is 0.261 e. The summed E-state index contributed by atoms with van der Waals surface area (Å²) in [6.45, 7) is 2.71. The van der Waals surface area contributed by atoms with E-state index in [-0.39, 0.29) is 10.6 Å². The van der Waals surface area contributed by atoms with Crippen molar-refractivity contribution in [1.29, 1.82) is 0 Å². The Balaban J connectivity index is 1.62. The molecule has 0 bridgehead atoms. The molecule has 0 saturated carbocycles. The van der Waals surface area contributed by atoms with Gasteiger partial charge in [0, 0.05) is 6.54 Å². The quantitative estimate of drug-likeness (QED) is 0.662. The molecule has 4 nitrogen and oxygen atoms in total. The highest BCUT2D eigenvalue weighted by Gasteiger charge is 2.16. The van der Waals surface area contributed by atoms with Gasteiger partial charge in [-0.05, 0) is 36.8 Å². The summed E-state index contributed by atoms with van der Waals surface area (Å²) < 4.78 is 13.8. The van der Waals surface area contributed by atoms with Crippen LogP contribution in [0.3, 0.4) is 0 Å². The first-order chi connectivity index (χ1) is 12.5. The van der Waals surface area contributed by atoms with Crippen molar-refractivity contribution >= 4 is 29.0 Å². The van der Waals surface area contributed by atoms with Crippen molar-refractivity contribution in [1.82, 2.24) is 4.98 Å². The predicted molar refractivity (Wildman–Crippen MR) is 102 cm³/mol. The number of amides is 1. The molecule has 26 heavy (non-hydrogen) atoms. The summed E-state index contributed by atoms with van der Waals surface area (Å²) in [5, 5.41) is 5.85. The van der Waals surface area contributed by atoms with E-state index in [0.29, 0.717) is 12.4 Å². The van der Waals surface area contributed by atoms with E-state index in [0.717, 1.165) is 11.3 Å². The zero-order chi connectivity index (χ0) is 18.5. The minimum absolute atomic E-state index is 0.0545. The Morgan fingerprint density at radius 3 is 2.54 bits per heavy atom. The van der Waals surface area contributed by atoms with Crippen LogP contribution in [0.4, 0.5) is 15.9 Å². The summed E-state index contributed by atoms with van der Waals surface area (Å²) in [6.07, 6.45) is 1.60. The van der Waals surface area contributed by atoms with E-state index in [1.807, 2.05) is 6.92 Å². The maximum absolute atomic E-state index is 13.8. The van der Waals surface area contributed by atoms with Crippen LogP contribution in [0.2, 0.25) is 5.02 Å². The molecule has 2 N–H and O–H groups in total. The lowest BCUT2D eigenvalue weighted by Gasteiger charge is -2.09. The molecule has 0 aliphatic carbocycles. The van der Waals surface area contributed by atoms with Crippen LogP contribution in [-0.4, -0.2) is 10.9 Å². The van der Waals surface area contributed by atoms with E-state index in [1.54, 1.807) is 18.3 Å². The summed E-state index contributed by atoms with van der Waals surface area (Å²) in [4.78, 5) is 16.4. The highest BCUT2D eigenvalue weighted by molar-refractivity contribution is 6.34. The van der Waals surface area contributed by atoms with Crippen molar-refractivity contribution < 1.29 is 9.18 Å². The molecule has 0 saturated heterocycles. The minimum Gasteiger partial charge on any atom is -0.380 e. The molecule has 0 aliphatic rings. The predicted octanol–water partition coefficient (Wildman–Crippen LogP) is 5.05. The monoisotopic (exact) mass is 369 g/mol. The maximum atomic E-state index is 13.8. The van der Waals surface area contributed by atoms with E-state index < -0.39 is 11.7 Å². The molecule has 1 heterocycles. The number of anilines is 2. The molecule has 1 amide bonds. The van der Waals surface area contributed by atoms with Gasteiger partial charge in [0.15, 0.2) is 0 Å². The lowest BCUT2D eigenvalue weighted by Crippen LogP contribution is -2.15. The molecule has 0 fully saturated rings. The number of pyridine rings is 1. The number of rotatable bonds is 5. The minimum atomic E-state index is -0.675. The lowest BCUT2D eigenvalue weighted by atomic mass is 10.1. The number of benzene rings is 2. The van der Waals surface area contributed by atoms with Crippen LogP contribution in [0.25, 0.3) is 0 Å². The molecule has 1 aromatic heterocycles. The molecule has 0 unspecified atom stereocenters. The standard InChI is InChI=1S/C20H17ClFN3O/c1-13-5-7-14(8-6-13)11-23-15-9-10-18(24-12-15)25-20(26)19-16(21)3-2-4-17(19)22/h2-10,12,23H,11H2,1H3,(H,24,25,26). The van der Waals surface area contributed by atoms with Crippen molar-refractivity contribution in [3.63, 3.8) is 0 Å². The molecule has 0 aliphatic heterocycles. The largest absolute Gasteiger partial charge is 0.380 e. The highest BCUT2D eigenvalue weighted by atomic mass is 35.5. The third kappa shape index (κ3) is 4.37. The normalized spacial score (nSPS) is 10.4. The summed E-state index contributed by atoms with van der Waals surface area (Å²) >= 11 is 5.89. The molecule has 3 rings (SSSR count). The van der Waals surface area contributed by atoms with Crippen molar-refractivity contribution in [2.24, 2.45) is 0 Å².